The first-order valence-electron chi connectivity index (χ1n) is 7.38. The van der Waals surface area contributed by atoms with Crippen molar-refractivity contribution >= 4 is 0 Å². The molecule has 0 unspecified atom stereocenters. The van der Waals surface area contributed by atoms with E-state index in [1.165, 1.54) is 0 Å². The molecule has 0 amide bonds. The zero-order valence-corrected chi connectivity index (χ0v) is 5.36. The fourth-order valence-electron chi connectivity index (χ4n) is 0.691. The smallest absolute Gasteiger partial charge is 0.119 e. The van der Waals surface area contributed by atoms with Gasteiger partial charge in [0.2, 0.25) is 0 Å². The highest BCUT2D eigenvalue weighted by Gasteiger charge is 2.22. The van der Waals surface area contributed by atoms with E-state index in [0.29, 0.717) is 0 Å². The molecule has 1 aliphatic rings. The van der Waals surface area contributed by atoms with E-state index in [0.717, 1.165) is 0 Å². The van der Waals surface area contributed by atoms with Gasteiger partial charge in [-0.25, -0.2) is 0 Å². The van der Waals surface area contributed by atoms with Crippen LogP contribution in [0.25, 0.3) is 0 Å². The summed E-state index contributed by atoms with van der Waals surface area (Å²) in [5.74, 6) is -3.86. The van der Waals surface area contributed by atoms with Crippen LogP contribution < -0.4 is 0 Å². The fourth-order valence-corrected chi connectivity index (χ4v) is 0.691. The molecule has 0 spiro atoms. The number of phenols is 1. The van der Waals surface area contributed by atoms with Crippen LogP contribution in [0.1, 0.15) is 23.8 Å². The summed E-state index contributed by atoms with van der Waals surface area (Å²) in [5, 5.41) is 9.83. The maximum atomic E-state index is 9.83. The predicted octanol–water partition coefficient (Wildman–Crippen LogP) is 1.51. The Morgan fingerprint density at radius 1 is 1.64 bits per heavy atom. The Labute approximate surface area is 78.1 Å². The largest absolute Gasteiger partial charge is 0.508 e. The van der Waals surface area contributed by atoms with E-state index in [4.69, 9.17) is 12.3 Å². The lowest BCUT2D eigenvalue weighted by Crippen LogP contribution is -2.24. The molecule has 1 aromatic carbocycles. The molecular weight excluding hydrogens is 140 g/mol. The highest BCUT2D eigenvalue weighted by Crippen LogP contribution is 2.30. The van der Waals surface area contributed by atoms with Crippen molar-refractivity contribution in [3.8, 4) is 5.75 Å². The summed E-state index contributed by atoms with van der Waals surface area (Å²) in [5.41, 5.74) is -0.857. The number of rotatable bonds is 1. The molecule has 0 bridgehead atoms. The van der Waals surface area contributed by atoms with E-state index in [9.17, 15) is 5.11 Å². The third kappa shape index (κ3) is 1.10. The Morgan fingerprint density at radius 2 is 2.36 bits per heavy atom. The maximum Gasteiger partial charge on any atom is 0.119 e. The fraction of sp³-hybridized carbons (Fsp3) is 0.333. The molecule has 1 aromatic rings. The summed E-state index contributed by atoms with van der Waals surface area (Å²) in [6, 6.07) is -3.25. The highest BCUT2D eigenvalue weighted by atomic mass is 16.5. The van der Waals surface area contributed by atoms with Crippen LogP contribution in [0.2, 0.25) is 0 Å². The number of aromatic hydroxyl groups is 1. The summed E-state index contributed by atoms with van der Waals surface area (Å²) in [7, 11) is 0. The number of hydrogen-bond donors (Lipinski definition) is 1. The van der Waals surface area contributed by atoms with Crippen LogP contribution in [0, 0.1) is 0 Å². The van der Waals surface area contributed by atoms with Crippen LogP contribution in [0.15, 0.2) is 24.2 Å². The van der Waals surface area contributed by atoms with Crippen molar-refractivity contribution in [3.05, 3.63) is 29.7 Å². The van der Waals surface area contributed by atoms with E-state index in [2.05, 4.69) is 4.74 Å². The van der Waals surface area contributed by atoms with E-state index < -0.39 is 54.5 Å². The molecule has 2 nitrogen and oxygen atoms in total. The second kappa shape index (κ2) is 2.55. The molecule has 2 rings (SSSR count). The van der Waals surface area contributed by atoms with Crippen molar-refractivity contribution in [3.63, 3.8) is 0 Å². The summed E-state index contributed by atoms with van der Waals surface area (Å²) < 4.78 is 72.1. The molecule has 1 heterocycles. The lowest BCUT2D eigenvalue weighted by atomic mass is 9.97. The number of ether oxygens (including phenoxy) is 1. The van der Waals surface area contributed by atoms with Gasteiger partial charge in [0.1, 0.15) is 5.75 Å². The molecule has 11 heavy (non-hydrogen) atoms. The van der Waals surface area contributed by atoms with Crippen LogP contribution >= 0.6 is 0 Å². The van der Waals surface area contributed by atoms with Crippen molar-refractivity contribution in [2.45, 2.75) is 5.89 Å². The molecule has 0 aromatic heterocycles. The third-order valence-electron chi connectivity index (χ3n) is 1.22. The Morgan fingerprint density at radius 3 is 3.09 bits per heavy atom. The van der Waals surface area contributed by atoms with Crippen LogP contribution in [-0.4, -0.2) is 18.2 Å². The Hall–Kier alpha value is -1.02. The standard InChI is InChI=1S/C9H10O2/c10-9-4-2-1-3-8(9)7-5-11-6-7/h1-4,7,10H,5-6H2/i1D,2D,3D,4D,5D2,6D2,7D. The molecule has 0 saturated carbocycles. The van der Waals surface area contributed by atoms with Crippen molar-refractivity contribution in [2.24, 2.45) is 0 Å². The predicted molar refractivity (Wildman–Crippen MR) is 41.7 cm³/mol. The molecule has 0 radical (unpaired) electrons. The number of phenolic OH excluding ortho intramolecular Hbond substituents is 1. The minimum Gasteiger partial charge on any atom is -0.508 e. The molecule has 1 N–H and O–H groups in total. The molecule has 1 fully saturated rings. The Balaban J connectivity index is 2.83. The van der Waals surface area contributed by atoms with Crippen LogP contribution in [0.4, 0.5) is 0 Å². The second-order valence-electron chi connectivity index (χ2n) is 1.90. The molecule has 58 valence electrons. The van der Waals surface area contributed by atoms with Gasteiger partial charge in [0.15, 0.2) is 0 Å². The van der Waals surface area contributed by atoms with Gasteiger partial charge in [-0.1, -0.05) is 18.1 Å². The van der Waals surface area contributed by atoms with Crippen molar-refractivity contribution in [1.82, 2.24) is 0 Å². The molecule has 2 heteroatoms. The Kier molecular flexibility index (Phi) is 0.467. The third-order valence-corrected chi connectivity index (χ3v) is 1.22. The quantitative estimate of drug-likeness (QED) is 0.673. The average Bonchev–Trinajstić information content (AvgIpc) is 2.32. The summed E-state index contributed by atoms with van der Waals surface area (Å²) in [6.45, 7) is -5.68. The zero-order valence-electron chi connectivity index (χ0n) is 14.4. The number of benzene rings is 1. The second-order valence-corrected chi connectivity index (χ2v) is 1.90. The van der Waals surface area contributed by atoms with Gasteiger partial charge < -0.3 is 9.84 Å². The SMILES string of the molecule is [2H]c1c([2H])c([2H])c(C2([2H])C([2H])([2H])OC2([2H])[2H])c(O)c1[2H]. The average molecular weight is 159 g/mol. The normalized spacial score (nSPS) is 41.6. The maximum absolute atomic E-state index is 9.83. The van der Waals surface area contributed by atoms with Gasteiger partial charge in [-0.3, -0.25) is 0 Å². The molecule has 1 aliphatic heterocycles. The monoisotopic (exact) mass is 159 g/mol. The summed E-state index contributed by atoms with van der Waals surface area (Å²) in [6.07, 6.45) is 0. The van der Waals surface area contributed by atoms with E-state index in [1.807, 2.05) is 0 Å². The van der Waals surface area contributed by atoms with Gasteiger partial charge in [0.25, 0.3) is 0 Å². The topological polar surface area (TPSA) is 29.5 Å². The van der Waals surface area contributed by atoms with Crippen LogP contribution in [0.5, 0.6) is 5.75 Å². The number of para-hydroxylation sites is 1. The summed E-state index contributed by atoms with van der Waals surface area (Å²) >= 11 is 0. The molecule has 0 atom stereocenters. The Bertz CT molecular complexity index is 555. The van der Waals surface area contributed by atoms with E-state index in [-0.39, 0.29) is 0 Å². The van der Waals surface area contributed by atoms with Gasteiger partial charge in [-0.2, -0.15) is 0 Å². The van der Waals surface area contributed by atoms with Crippen LogP contribution in [-0.2, 0) is 4.74 Å². The first kappa shape index (κ1) is 2.02. The molecule has 0 aliphatic carbocycles. The highest BCUT2D eigenvalue weighted by molar-refractivity contribution is 5.35. The van der Waals surface area contributed by atoms with Gasteiger partial charge >= 0.3 is 0 Å². The van der Waals surface area contributed by atoms with Crippen molar-refractivity contribution in [2.75, 3.05) is 13.1 Å². The first-order chi connectivity index (χ1) is 8.88. The minimum atomic E-state index is -2.84. The number of hydrogen-bond acceptors (Lipinski definition) is 2. The van der Waals surface area contributed by atoms with Crippen molar-refractivity contribution in [1.29, 1.82) is 0 Å². The van der Waals surface area contributed by atoms with Gasteiger partial charge in [0, 0.05) is 12.8 Å². The zero-order chi connectivity index (χ0) is 15.7. The lowest BCUT2D eigenvalue weighted by Gasteiger charge is -2.26. The molecular formula is C9H10O2. The van der Waals surface area contributed by atoms with E-state index >= 15 is 0 Å². The van der Waals surface area contributed by atoms with Crippen molar-refractivity contribution < 1.29 is 22.2 Å². The first-order valence-corrected chi connectivity index (χ1v) is 2.88. The van der Waals surface area contributed by atoms with Gasteiger partial charge in [-0.15, -0.1) is 0 Å². The van der Waals surface area contributed by atoms with Crippen LogP contribution in [0.3, 0.4) is 0 Å². The van der Waals surface area contributed by atoms with Gasteiger partial charge in [-0.05, 0) is 6.04 Å². The minimum absolute atomic E-state index is 0.749. The lowest BCUT2D eigenvalue weighted by molar-refractivity contribution is 0.00754. The van der Waals surface area contributed by atoms with Gasteiger partial charge in [0.05, 0.1) is 24.1 Å². The van der Waals surface area contributed by atoms with E-state index in [1.54, 1.807) is 0 Å². The summed E-state index contributed by atoms with van der Waals surface area (Å²) in [4.78, 5) is 0. The molecule has 1 saturated heterocycles.